The van der Waals surface area contributed by atoms with Crippen molar-refractivity contribution in [2.24, 2.45) is 5.92 Å². The molecular formula is C13H20N2OS. The number of thioether (sulfide) groups is 1. The van der Waals surface area contributed by atoms with Crippen molar-refractivity contribution in [3.8, 4) is 0 Å². The van der Waals surface area contributed by atoms with E-state index in [-0.39, 0.29) is 11.2 Å². The smallest absolute Gasteiger partial charge is 0.237 e. The van der Waals surface area contributed by atoms with Gasteiger partial charge in [0.15, 0.2) is 0 Å². The van der Waals surface area contributed by atoms with Gasteiger partial charge >= 0.3 is 0 Å². The van der Waals surface area contributed by atoms with Crippen molar-refractivity contribution < 1.29 is 4.79 Å². The van der Waals surface area contributed by atoms with Crippen molar-refractivity contribution in [1.29, 1.82) is 0 Å². The van der Waals surface area contributed by atoms with Gasteiger partial charge in [0.25, 0.3) is 0 Å². The van der Waals surface area contributed by atoms with Crippen LogP contribution < -0.4 is 11.1 Å². The Bertz CT molecular complexity index is 379. The molecule has 1 aromatic carbocycles. The number of anilines is 2. The second-order valence-electron chi connectivity index (χ2n) is 4.45. The van der Waals surface area contributed by atoms with Crippen LogP contribution in [-0.4, -0.2) is 16.9 Å². The Morgan fingerprint density at radius 3 is 2.59 bits per heavy atom. The number of nitrogen functional groups attached to an aromatic ring is 1. The first-order valence-corrected chi connectivity index (χ1v) is 6.82. The lowest BCUT2D eigenvalue weighted by Crippen LogP contribution is -2.23. The van der Waals surface area contributed by atoms with E-state index in [1.807, 2.05) is 25.1 Å². The molecule has 1 atom stereocenters. The zero-order valence-electron chi connectivity index (χ0n) is 10.6. The van der Waals surface area contributed by atoms with E-state index in [0.29, 0.717) is 17.3 Å². The molecule has 0 fully saturated rings. The van der Waals surface area contributed by atoms with Gasteiger partial charge in [-0.05, 0) is 30.7 Å². The van der Waals surface area contributed by atoms with E-state index in [0.717, 1.165) is 5.75 Å². The highest BCUT2D eigenvalue weighted by Crippen LogP contribution is 2.20. The van der Waals surface area contributed by atoms with Crippen LogP contribution in [0.3, 0.4) is 0 Å². The Balaban J connectivity index is 2.52. The van der Waals surface area contributed by atoms with Gasteiger partial charge in [-0.25, -0.2) is 0 Å². The van der Waals surface area contributed by atoms with Gasteiger partial charge < -0.3 is 11.1 Å². The van der Waals surface area contributed by atoms with Gasteiger partial charge in [-0.1, -0.05) is 26.0 Å². The van der Waals surface area contributed by atoms with Crippen LogP contribution in [0.25, 0.3) is 0 Å². The van der Waals surface area contributed by atoms with E-state index >= 15 is 0 Å². The average Bonchev–Trinajstić information content (AvgIpc) is 2.28. The number of carbonyl (C=O) groups is 1. The lowest BCUT2D eigenvalue weighted by atomic mass is 10.2. The molecule has 0 aliphatic carbocycles. The van der Waals surface area contributed by atoms with E-state index in [2.05, 4.69) is 19.2 Å². The zero-order chi connectivity index (χ0) is 12.8. The third kappa shape index (κ3) is 4.69. The lowest BCUT2D eigenvalue weighted by molar-refractivity contribution is -0.115. The molecule has 0 heterocycles. The normalized spacial score (nSPS) is 12.5. The van der Waals surface area contributed by atoms with Gasteiger partial charge in [-0.15, -0.1) is 11.8 Å². The van der Waals surface area contributed by atoms with Gasteiger partial charge in [0.1, 0.15) is 0 Å². The molecule has 0 bridgehead atoms. The van der Waals surface area contributed by atoms with Crippen LogP contribution in [0.15, 0.2) is 24.3 Å². The number of para-hydroxylation sites is 2. The van der Waals surface area contributed by atoms with Gasteiger partial charge in [-0.2, -0.15) is 0 Å². The molecule has 4 heteroatoms. The second-order valence-corrected chi connectivity index (χ2v) is 5.82. The molecule has 0 spiro atoms. The summed E-state index contributed by atoms with van der Waals surface area (Å²) in [6.07, 6.45) is 0. The summed E-state index contributed by atoms with van der Waals surface area (Å²) in [5.41, 5.74) is 7.06. The molecule has 3 N–H and O–H groups in total. The van der Waals surface area contributed by atoms with Gasteiger partial charge in [-0.3, -0.25) is 4.79 Å². The predicted octanol–water partition coefficient (Wildman–Crippen LogP) is 2.99. The lowest BCUT2D eigenvalue weighted by Gasteiger charge is -2.14. The molecule has 0 aromatic heterocycles. The largest absolute Gasteiger partial charge is 0.397 e. The van der Waals surface area contributed by atoms with Crippen LogP contribution >= 0.6 is 11.8 Å². The molecule has 1 aromatic rings. The Labute approximate surface area is 107 Å². The fraction of sp³-hybridized carbons (Fsp3) is 0.462. The maximum Gasteiger partial charge on any atom is 0.237 e. The molecule has 1 rings (SSSR count). The highest BCUT2D eigenvalue weighted by molar-refractivity contribution is 8.00. The summed E-state index contributed by atoms with van der Waals surface area (Å²) in [7, 11) is 0. The second kappa shape index (κ2) is 6.55. The number of carbonyl (C=O) groups excluding carboxylic acids is 1. The molecule has 0 saturated heterocycles. The van der Waals surface area contributed by atoms with Gasteiger partial charge in [0, 0.05) is 0 Å². The Kier molecular flexibility index (Phi) is 5.35. The zero-order valence-corrected chi connectivity index (χ0v) is 11.4. The molecule has 17 heavy (non-hydrogen) atoms. The quantitative estimate of drug-likeness (QED) is 0.792. The minimum atomic E-state index is -0.0583. The summed E-state index contributed by atoms with van der Waals surface area (Å²) < 4.78 is 0. The third-order valence-corrected chi connectivity index (χ3v) is 3.84. The first kappa shape index (κ1) is 13.9. The van der Waals surface area contributed by atoms with Crippen molar-refractivity contribution in [3.05, 3.63) is 24.3 Å². The number of rotatable bonds is 5. The summed E-state index contributed by atoms with van der Waals surface area (Å²) in [6, 6.07) is 7.30. The van der Waals surface area contributed by atoms with Crippen molar-refractivity contribution in [1.82, 2.24) is 0 Å². The number of amides is 1. The van der Waals surface area contributed by atoms with E-state index in [4.69, 9.17) is 5.73 Å². The van der Waals surface area contributed by atoms with E-state index in [9.17, 15) is 4.79 Å². The van der Waals surface area contributed by atoms with Crippen LogP contribution in [0.4, 0.5) is 11.4 Å². The van der Waals surface area contributed by atoms with Crippen molar-refractivity contribution in [2.75, 3.05) is 16.8 Å². The molecule has 94 valence electrons. The van der Waals surface area contributed by atoms with Crippen LogP contribution in [0.1, 0.15) is 20.8 Å². The van der Waals surface area contributed by atoms with Gasteiger partial charge in [0.05, 0.1) is 16.6 Å². The van der Waals surface area contributed by atoms with Crippen LogP contribution in [0.2, 0.25) is 0 Å². The minimum Gasteiger partial charge on any atom is -0.397 e. The number of nitrogens with one attached hydrogen (secondary N) is 1. The van der Waals surface area contributed by atoms with Crippen LogP contribution in [0.5, 0.6) is 0 Å². The number of benzene rings is 1. The fourth-order valence-corrected chi connectivity index (χ4v) is 2.14. The van der Waals surface area contributed by atoms with Crippen LogP contribution in [0, 0.1) is 5.92 Å². The van der Waals surface area contributed by atoms with Crippen molar-refractivity contribution in [2.45, 2.75) is 26.0 Å². The maximum absolute atomic E-state index is 11.9. The predicted molar refractivity (Wildman–Crippen MR) is 76.2 cm³/mol. The molecule has 0 radical (unpaired) electrons. The first-order chi connectivity index (χ1) is 8.00. The van der Waals surface area contributed by atoms with Crippen LogP contribution in [-0.2, 0) is 4.79 Å². The molecule has 3 nitrogen and oxygen atoms in total. The average molecular weight is 252 g/mol. The monoisotopic (exact) mass is 252 g/mol. The number of hydrogen-bond donors (Lipinski definition) is 2. The fourth-order valence-electron chi connectivity index (χ4n) is 1.26. The van der Waals surface area contributed by atoms with E-state index in [1.54, 1.807) is 17.8 Å². The topological polar surface area (TPSA) is 55.1 Å². The van der Waals surface area contributed by atoms with E-state index in [1.165, 1.54) is 0 Å². The summed E-state index contributed by atoms with van der Waals surface area (Å²) in [5, 5.41) is 2.79. The maximum atomic E-state index is 11.9. The number of hydrogen-bond acceptors (Lipinski definition) is 3. The SMILES string of the molecule is CC(C)CSC(C)C(=O)Nc1ccccc1N. The summed E-state index contributed by atoms with van der Waals surface area (Å²) >= 11 is 1.66. The molecular weight excluding hydrogens is 232 g/mol. The Morgan fingerprint density at radius 1 is 1.35 bits per heavy atom. The number of nitrogens with two attached hydrogens (primary N) is 1. The summed E-state index contributed by atoms with van der Waals surface area (Å²) in [6.45, 7) is 6.21. The summed E-state index contributed by atoms with van der Waals surface area (Å²) in [5.74, 6) is 1.59. The highest BCUT2D eigenvalue weighted by Gasteiger charge is 2.14. The molecule has 0 saturated carbocycles. The van der Waals surface area contributed by atoms with Crippen molar-refractivity contribution in [3.63, 3.8) is 0 Å². The Morgan fingerprint density at radius 2 is 2.00 bits per heavy atom. The molecule has 0 aliphatic rings. The Hall–Kier alpha value is -1.16. The summed E-state index contributed by atoms with van der Waals surface area (Å²) in [4.78, 5) is 11.9. The third-order valence-electron chi connectivity index (χ3n) is 2.27. The van der Waals surface area contributed by atoms with E-state index < -0.39 is 0 Å². The molecule has 1 unspecified atom stereocenters. The van der Waals surface area contributed by atoms with Gasteiger partial charge in [0.2, 0.25) is 5.91 Å². The standard InChI is InChI=1S/C13H20N2OS/c1-9(2)8-17-10(3)13(16)15-12-7-5-4-6-11(12)14/h4-7,9-10H,8,14H2,1-3H3,(H,15,16). The molecule has 0 aliphatic heterocycles. The molecule has 1 amide bonds. The minimum absolute atomic E-state index is 0.00792. The van der Waals surface area contributed by atoms with Crippen molar-refractivity contribution >= 4 is 29.0 Å². The first-order valence-electron chi connectivity index (χ1n) is 5.77. The highest BCUT2D eigenvalue weighted by atomic mass is 32.2.